The minimum Gasteiger partial charge on any atom is -0.481 e. The molecule has 0 rings (SSSR count). The zero-order chi connectivity index (χ0) is 8.91. The molecule has 0 aliphatic carbocycles. The zero-order valence-corrected chi connectivity index (χ0v) is 7.68. The first-order chi connectivity index (χ1) is 5.04. The molecule has 0 aromatic rings. The van der Waals surface area contributed by atoms with Crippen LogP contribution in [-0.2, 0) is 4.79 Å². The summed E-state index contributed by atoms with van der Waals surface area (Å²) in [6.07, 6.45) is 3.33. The van der Waals surface area contributed by atoms with Crippen LogP contribution in [0.15, 0.2) is 0 Å². The largest absolute Gasteiger partial charge is 0.481 e. The lowest BCUT2D eigenvalue weighted by atomic mass is 9.80. The summed E-state index contributed by atoms with van der Waals surface area (Å²) in [6, 6.07) is 0. The summed E-state index contributed by atoms with van der Waals surface area (Å²) in [7, 11) is 0. The molecule has 2 nitrogen and oxygen atoms in total. The van der Waals surface area contributed by atoms with Gasteiger partial charge in [0.25, 0.3) is 0 Å². The lowest BCUT2D eigenvalue weighted by molar-refractivity contribution is -0.139. The van der Waals surface area contributed by atoms with Gasteiger partial charge in [-0.3, -0.25) is 4.79 Å². The number of hydrogen-bond donors (Lipinski definition) is 1. The quantitative estimate of drug-likeness (QED) is 0.668. The molecule has 0 amide bonds. The molecule has 0 aliphatic heterocycles. The van der Waals surface area contributed by atoms with Gasteiger partial charge in [0.15, 0.2) is 0 Å². The van der Waals surface area contributed by atoms with Gasteiger partial charge in [-0.05, 0) is 11.8 Å². The molecule has 0 fully saturated rings. The van der Waals surface area contributed by atoms with Gasteiger partial charge in [0, 0.05) is 0 Å². The van der Waals surface area contributed by atoms with Crippen molar-refractivity contribution in [2.24, 2.45) is 5.41 Å². The van der Waals surface area contributed by atoms with Crippen molar-refractivity contribution in [3.8, 4) is 0 Å². The molecule has 2 heteroatoms. The summed E-state index contributed by atoms with van der Waals surface area (Å²) >= 11 is 0. The minimum absolute atomic E-state index is 0.0145. The van der Waals surface area contributed by atoms with E-state index >= 15 is 0 Å². The van der Waals surface area contributed by atoms with Crippen LogP contribution in [0.4, 0.5) is 0 Å². The molecule has 11 heavy (non-hydrogen) atoms. The molecular weight excluding hydrogens is 140 g/mol. The number of carboxylic acids is 1. The van der Waals surface area contributed by atoms with Gasteiger partial charge in [-0.15, -0.1) is 0 Å². The van der Waals surface area contributed by atoms with Crippen molar-refractivity contribution in [1.29, 1.82) is 0 Å². The third kappa shape index (κ3) is 4.02. The maximum atomic E-state index is 10.4. The highest BCUT2D eigenvalue weighted by molar-refractivity contribution is 5.67. The Hall–Kier alpha value is -0.530. The van der Waals surface area contributed by atoms with Gasteiger partial charge in [0.1, 0.15) is 0 Å². The van der Waals surface area contributed by atoms with E-state index in [2.05, 4.69) is 13.8 Å². The van der Waals surface area contributed by atoms with Gasteiger partial charge < -0.3 is 5.11 Å². The number of carbonyl (C=O) groups is 1. The van der Waals surface area contributed by atoms with E-state index in [4.69, 9.17) is 5.11 Å². The molecular formula is C9H18O2. The predicted molar refractivity (Wildman–Crippen MR) is 45.6 cm³/mol. The first-order valence-corrected chi connectivity index (χ1v) is 4.26. The summed E-state index contributed by atoms with van der Waals surface area (Å²) in [6.45, 7) is 6.19. The molecule has 0 heterocycles. The van der Waals surface area contributed by atoms with Gasteiger partial charge in [0.05, 0.1) is 6.42 Å². The summed E-state index contributed by atoms with van der Waals surface area (Å²) in [5.74, 6) is -0.678. The van der Waals surface area contributed by atoms with E-state index in [1.54, 1.807) is 0 Å². The number of aliphatic carboxylic acids is 1. The minimum atomic E-state index is -0.678. The Morgan fingerprint density at radius 3 is 2.27 bits per heavy atom. The van der Waals surface area contributed by atoms with Crippen LogP contribution in [0.3, 0.4) is 0 Å². The lowest BCUT2D eigenvalue weighted by Gasteiger charge is -2.25. The first-order valence-electron chi connectivity index (χ1n) is 4.26. The molecule has 1 unspecified atom stereocenters. The monoisotopic (exact) mass is 158 g/mol. The average Bonchev–Trinajstić information content (AvgIpc) is 1.87. The predicted octanol–water partition coefficient (Wildman–Crippen LogP) is 2.68. The van der Waals surface area contributed by atoms with E-state index in [1.165, 1.54) is 0 Å². The molecule has 0 aromatic carbocycles. The van der Waals surface area contributed by atoms with Crippen molar-refractivity contribution < 1.29 is 9.90 Å². The third-order valence-corrected chi connectivity index (χ3v) is 2.29. The summed E-state index contributed by atoms with van der Waals surface area (Å²) in [5, 5.41) is 8.61. The van der Waals surface area contributed by atoms with E-state index in [9.17, 15) is 4.79 Å². The topological polar surface area (TPSA) is 37.3 Å². The van der Waals surface area contributed by atoms with Gasteiger partial charge in [-0.2, -0.15) is 0 Å². The van der Waals surface area contributed by atoms with E-state index < -0.39 is 5.97 Å². The Bertz CT molecular complexity index is 132. The van der Waals surface area contributed by atoms with Crippen molar-refractivity contribution >= 4 is 5.97 Å². The highest BCUT2D eigenvalue weighted by atomic mass is 16.4. The lowest BCUT2D eigenvalue weighted by Crippen LogP contribution is -2.19. The fraction of sp³-hybridized carbons (Fsp3) is 0.889. The second-order valence-corrected chi connectivity index (χ2v) is 3.48. The Kier molecular flexibility index (Phi) is 4.16. The summed E-state index contributed by atoms with van der Waals surface area (Å²) in [5.41, 5.74) is 0.0145. The van der Waals surface area contributed by atoms with Crippen LogP contribution >= 0.6 is 0 Å². The third-order valence-electron chi connectivity index (χ3n) is 2.29. The van der Waals surface area contributed by atoms with E-state index in [-0.39, 0.29) is 5.41 Å². The van der Waals surface area contributed by atoms with Crippen LogP contribution in [0.5, 0.6) is 0 Å². The smallest absolute Gasteiger partial charge is 0.303 e. The molecule has 0 bridgehead atoms. The van der Waals surface area contributed by atoms with E-state index in [0.29, 0.717) is 6.42 Å². The normalized spacial score (nSPS) is 15.9. The fourth-order valence-corrected chi connectivity index (χ4v) is 1.36. The molecule has 0 aliphatic rings. The van der Waals surface area contributed by atoms with Crippen LogP contribution < -0.4 is 0 Å². The summed E-state index contributed by atoms with van der Waals surface area (Å²) < 4.78 is 0. The first kappa shape index (κ1) is 10.5. The van der Waals surface area contributed by atoms with Gasteiger partial charge in [0.2, 0.25) is 0 Å². The average molecular weight is 158 g/mol. The van der Waals surface area contributed by atoms with Crippen molar-refractivity contribution in [2.75, 3.05) is 0 Å². The molecule has 1 atom stereocenters. The maximum Gasteiger partial charge on any atom is 0.303 e. The standard InChI is InChI=1S/C9H18O2/c1-4-6-9(3,5-2)7-8(10)11/h4-7H2,1-3H3,(H,10,11). The Morgan fingerprint density at radius 1 is 1.45 bits per heavy atom. The molecule has 0 radical (unpaired) electrons. The molecule has 1 N–H and O–H groups in total. The number of hydrogen-bond acceptors (Lipinski definition) is 1. The number of carboxylic acid groups (broad SMARTS) is 1. The SMILES string of the molecule is CCCC(C)(CC)CC(=O)O. The van der Waals surface area contributed by atoms with Crippen LogP contribution in [0.1, 0.15) is 46.5 Å². The number of rotatable bonds is 5. The second-order valence-electron chi connectivity index (χ2n) is 3.48. The zero-order valence-electron chi connectivity index (χ0n) is 7.68. The van der Waals surface area contributed by atoms with E-state index in [1.807, 2.05) is 6.92 Å². The highest BCUT2D eigenvalue weighted by Crippen LogP contribution is 2.30. The molecule has 0 spiro atoms. The molecule has 66 valence electrons. The van der Waals surface area contributed by atoms with Crippen LogP contribution in [0.25, 0.3) is 0 Å². The highest BCUT2D eigenvalue weighted by Gasteiger charge is 2.23. The Balaban J connectivity index is 3.98. The Morgan fingerprint density at radius 2 is 2.00 bits per heavy atom. The van der Waals surface area contributed by atoms with Gasteiger partial charge >= 0.3 is 5.97 Å². The van der Waals surface area contributed by atoms with Gasteiger partial charge in [-0.25, -0.2) is 0 Å². The van der Waals surface area contributed by atoms with E-state index in [0.717, 1.165) is 19.3 Å². The molecule has 0 saturated carbocycles. The Labute approximate surface area is 68.6 Å². The molecule has 0 aromatic heterocycles. The van der Waals surface area contributed by atoms with Crippen molar-refractivity contribution in [3.63, 3.8) is 0 Å². The van der Waals surface area contributed by atoms with Crippen LogP contribution in [0, 0.1) is 5.41 Å². The molecule has 0 saturated heterocycles. The van der Waals surface area contributed by atoms with Crippen molar-refractivity contribution in [2.45, 2.75) is 46.5 Å². The van der Waals surface area contributed by atoms with Gasteiger partial charge in [-0.1, -0.05) is 33.6 Å². The van der Waals surface area contributed by atoms with Crippen molar-refractivity contribution in [1.82, 2.24) is 0 Å². The second kappa shape index (κ2) is 4.37. The van der Waals surface area contributed by atoms with Crippen LogP contribution in [0.2, 0.25) is 0 Å². The van der Waals surface area contributed by atoms with Crippen LogP contribution in [-0.4, -0.2) is 11.1 Å². The summed E-state index contributed by atoms with van der Waals surface area (Å²) in [4.78, 5) is 10.4. The maximum absolute atomic E-state index is 10.4. The van der Waals surface area contributed by atoms with Crippen molar-refractivity contribution in [3.05, 3.63) is 0 Å². The fourth-order valence-electron chi connectivity index (χ4n) is 1.36.